The van der Waals surface area contributed by atoms with Crippen LogP contribution in [0.3, 0.4) is 0 Å². The van der Waals surface area contributed by atoms with Crippen LogP contribution in [0.1, 0.15) is 39.2 Å². The summed E-state index contributed by atoms with van der Waals surface area (Å²) in [4.78, 5) is 8.14. The van der Waals surface area contributed by atoms with Gasteiger partial charge in [-0.2, -0.15) is 13.2 Å². The molecule has 0 saturated carbocycles. The molecule has 1 aliphatic heterocycles. The molecular weight excluding hydrogens is 512 g/mol. The van der Waals surface area contributed by atoms with E-state index in [-0.39, 0.29) is 41.4 Å². The molecule has 0 spiro atoms. The van der Waals surface area contributed by atoms with Crippen molar-refractivity contribution in [3.63, 3.8) is 0 Å². The number of halogens is 4. The summed E-state index contributed by atoms with van der Waals surface area (Å²) >= 11 is 0. The van der Waals surface area contributed by atoms with Gasteiger partial charge in [-0.25, -0.2) is 4.98 Å². The first-order valence-electron chi connectivity index (χ1n) is 9.79. The molecule has 0 amide bonds. The Morgan fingerprint density at radius 1 is 1.27 bits per heavy atom. The van der Waals surface area contributed by atoms with Gasteiger partial charge in [0.05, 0.1) is 6.10 Å². The maximum absolute atomic E-state index is 12.2. The lowest BCUT2D eigenvalue weighted by Gasteiger charge is -2.40. The van der Waals surface area contributed by atoms with Crippen LogP contribution >= 0.6 is 24.0 Å². The molecule has 2 atom stereocenters. The van der Waals surface area contributed by atoms with Gasteiger partial charge in [0.1, 0.15) is 0 Å². The van der Waals surface area contributed by atoms with Gasteiger partial charge in [-0.05, 0) is 23.8 Å². The Kier molecular flexibility index (Phi) is 10.6. The second kappa shape index (κ2) is 11.9. The number of rotatable bonds is 6. The maximum Gasteiger partial charge on any atom is 0.422 e. The Morgan fingerprint density at radius 2 is 2.00 bits per heavy atom. The van der Waals surface area contributed by atoms with Gasteiger partial charge in [-0.3, -0.25) is 4.99 Å². The van der Waals surface area contributed by atoms with E-state index < -0.39 is 12.8 Å². The van der Waals surface area contributed by atoms with E-state index >= 15 is 0 Å². The molecule has 2 unspecified atom stereocenters. The smallest absolute Gasteiger partial charge is 0.422 e. The van der Waals surface area contributed by atoms with Crippen LogP contribution < -0.4 is 15.4 Å². The molecule has 2 N–H and O–H groups in total. The summed E-state index contributed by atoms with van der Waals surface area (Å²) in [5, 5.41) is 6.54. The molecular formula is C20H32F3IN4O2. The number of nitrogens with zero attached hydrogens (tertiary/aromatic N) is 2. The van der Waals surface area contributed by atoms with Crippen LogP contribution in [0.2, 0.25) is 0 Å². The Hall–Kier alpha value is -1.30. The Labute approximate surface area is 193 Å². The molecule has 1 fully saturated rings. The van der Waals surface area contributed by atoms with Crippen LogP contribution in [0.4, 0.5) is 13.2 Å². The lowest BCUT2D eigenvalue weighted by Crippen LogP contribution is -2.47. The number of ether oxygens (including phenoxy) is 2. The quantitative estimate of drug-likeness (QED) is 0.320. The van der Waals surface area contributed by atoms with E-state index in [0.717, 1.165) is 31.6 Å². The molecule has 2 heterocycles. The van der Waals surface area contributed by atoms with Crippen LogP contribution in [-0.2, 0) is 11.3 Å². The summed E-state index contributed by atoms with van der Waals surface area (Å²) in [6, 6.07) is 3.09. The van der Waals surface area contributed by atoms with Gasteiger partial charge >= 0.3 is 6.18 Å². The molecule has 0 aromatic carbocycles. The second-order valence-electron chi connectivity index (χ2n) is 8.27. The van der Waals surface area contributed by atoms with Crippen molar-refractivity contribution in [2.24, 2.45) is 16.3 Å². The maximum atomic E-state index is 12.2. The number of nitrogens with one attached hydrogen (secondary N) is 2. The van der Waals surface area contributed by atoms with E-state index in [4.69, 9.17) is 4.74 Å². The summed E-state index contributed by atoms with van der Waals surface area (Å²) in [6.45, 7) is 7.23. The van der Waals surface area contributed by atoms with Crippen LogP contribution in [0.15, 0.2) is 23.3 Å². The topological polar surface area (TPSA) is 67.8 Å². The zero-order valence-corrected chi connectivity index (χ0v) is 20.2. The van der Waals surface area contributed by atoms with E-state index in [2.05, 4.69) is 46.1 Å². The fourth-order valence-electron chi connectivity index (χ4n) is 3.40. The van der Waals surface area contributed by atoms with E-state index in [0.29, 0.717) is 18.4 Å². The largest absolute Gasteiger partial charge is 0.468 e. The van der Waals surface area contributed by atoms with Gasteiger partial charge in [0.15, 0.2) is 12.6 Å². The predicted octanol–water partition coefficient (Wildman–Crippen LogP) is 4.15. The molecule has 30 heavy (non-hydrogen) atoms. The zero-order chi connectivity index (χ0) is 21.5. The summed E-state index contributed by atoms with van der Waals surface area (Å²) in [6.07, 6.45) is -0.545. The van der Waals surface area contributed by atoms with Gasteiger partial charge in [-0.15, -0.1) is 24.0 Å². The third-order valence-corrected chi connectivity index (χ3v) is 4.69. The summed E-state index contributed by atoms with van der Waals surface area (Å²) in [7, 11) is 1.69. The van der Waals surface area contributed by atoms with Gasteiger partial charge in [0.2, 0.25) is 5.88 Å². The van der Waals surface area contributed by atoms with E-state index in [1.165, 1.54) is 12.3 Å². The minimum absolute atomic E-state index is 0. The molecule has 172 valence electrons. The molecule has 1 aromatic rings. The van der Waals surface area contributed by atoms with Gasteiger partial charge < -0.3 is 20.1 Å². The lowest BCUT2D eigenvalue weighted by molar-refractivity contribution is -0.154. The highest BCUT2D eigenvalue weighted by Gasteiger charge is 2.35. The van der Waals surface area contributed by atoms with E-state index in [9.17, 15) is 13.2 Å². The summed E-state index contributed by atoms with van der Waals surface area (Å²) < 4.78 is 47.1. The highest BCUT2D eigenvalue weighted by molar-refractivity contribution is 14.0. The van der Waals surface area contributed by atoms with Crippen molar-refractivity contribution in [3.05, 3.63) is 23.9 Å². The normalized spacial score (nSPS) is 20.3. The average molecular weight is 544 g/mol. The first kappa shape index (κ1) is 26.7. The average Bonchev–Trinajstić information content (AvgIpc) is 2.66. The van der Waals surface area contributed by atoms with Gasteiger partial charge in [0, 0.05) is 44.9 Å². The minimum Gasteiger partial charge on any atom is -0.468 e. The van der Waals surface area contributed by atoms with Crippen LogP contribution in [-0.4, -0.2) is 50.0 Å². The summed E-state index contributed by atoms with van der Waals surface area (Å²) in [5.41, 5.74) is 0.881. The fraction of sp³-hybridized carbons (Fsp3) is 0.700. The van der Waals surface area contributed by atoms with Crippen molar-refractivity contribution in [2.75, 3.05) is 26.8 Å². The Morgan fingerprint density at radius 3 is 2.57 bits per heavy atom. The molecule has 0 bridgehead atoms. The molecule has 0 radical (unpaired) electrons. The predicted molar refractivity (Wildman–Crippen MR) is 121 cm³/mol. The molecule has 0 aliphatic carbocycles. The van der Waals surface area contributed by atoms with E-state index in [1.54, 1.807) is 13.1 Å². The van der Waals surface area contributed by atoms with Crippen molar-refractivity contribution >= 4 is 29.9 Å². The number of hydrogen-bond donors (Lipinski definition) is 2. The second-order valence-corrected chi connectivity index (χ2v) is 8.27. The fourth-order valence-corrected chi connectivity index (χ4v) is 3.40. The lowest BCUT2D eigenvalue weighted by atomic mass is 9.78. The number of aromatic nitrogens is 1. The number of hydrogen-bond acceptors (Lipinski definition) is 4. The standard InChI is InChI=1S/C20H31F3N4O2.HI/c1-19(2,3)17-15(6-5-9-28-17)12-27-18(24-4)26-11-14-7-8-16(25-10-14)29-13-20(21,22)23;/h7-8,10,15,17H,5-6,9,11-13H2,1-4H3,(H2,24,26,27);1H. The molecule has 1 saturated heterocycles. The molecule has 2 rings (SSSR count). The van der Waals surface area contributed by atoms with Crippen LogP contribution in [0, 0.1) is 11.3 Å². The Balaban J connectivity index is 0.00000450. The monoisotopic (exact) mass is 544 g/mol. The number of aliphatic imine (C=N–C) groups is 1. The first-order valence-corrected chi connectivity index (χ1v) is 9.79. The van der Waals surface area contributed by atoms with E-state index in [1.807, 2.05) is 0 Å². The van der Waals surface area contributed by atoms with Gasteiger partial charge in [0.25, 0.3) is 0 Å². The Bertz CT molecular complexity index is 664. The highest BCUT2D eigenvalue weighted by atomic mass is 127. The van der Waals surface area contributed by atoms with Crippen LogP contribution in [0.5, 0.6) is 5.88 Å². The van der Waals surface area contributed by atoms with Crippen molar-refractivity contribution in [1.82, 2.24) is 15.6 Å². The number of guanidine groups is 1. The van der Waals surface area contributed by atoms with Crippen molar-refractivity contribution in [1.29, 1.82) is 0 Å². The zero-order valence-electron chi connectivity index (χ0n) is 17.9. The molecule has 10 heteroatoms. The first-order chi connectivity index (χ1) is 13.6. The summed E-state index contributed by atoms with van der Waals surface area (Å²) in [5.74, 6) is 0.994. The van der Waals surface area contributed by atoms with Crippen molar-refractivity contribution in [3.8, 4) is 5.88 Å². The molecule has 6 nitrogen and oxygen atoms in total. The van der Waals surface area contributed by atoms with Crippen molar-refractivity contribution < 1.29 is 22.6 Å². The number of pyridine rings is 1. The molecule has 1 aliphatic rings. The highest BCUT2D eigenvalue weighted by Crippen LogP contribution is 2.33. The third kappa shape index (κ3) is 9.23. The van der Waals surface area contributed by atoms with Gasteiger partial charge in [-0.1, -0.05) is 26.8 Å². The molecule has 1 aromatic heterocycles. The number of alkyl halides is 3. The SMILES string of the molecule is CN=C(NCc1ccc(OCC(F)(F)F)nc1)NCC1CCCOC1C(C)(C)C.I. The van der Waals surface area contributed by atoms with Crippen LogP contribution in [0.25, 0.3) is 0 Å². The van der Waals surface area contributed by atoms with Crippen molar-refractivity contribution in [2.45, 2.75) is 52.4 Å². The third-order valence-electron chi connectivity index (χ3n) is 4.69. The minimum atomic E-state index is -4.38.